The Hall–Kier alpha value is -2.13. The second-order valence-corrected chi connectivity index (χ2v) is 4.40. The van der Waals surface area contributed by atoms with Crippen LogP contribution in [-0.2, 0) is 10.5 Å². The van der Waals surface area contributed by atoms with Crippen molar-refractivity contribution in [3.63, 3.8) is 0 Å². The molecule has 0 aliphatic carbocycles. The van der Waals surface area contributed by atoms with Gasteiger partial charge in [0.15, 0.2) is 5.72 Å². The first-order valence-electron chi connectivity index (χ1n) is 5.82. The van der Waals surface area contributed by atoms with Crippen molar-refractivity contribution in [3.05, 3.63) is 43.5 Å². The molecule has 3 N–H and O–H groups in total. The molecule has 1 saturated heterocycles. The van der Waals surface area contributed by atoms with Gasteiger partial charge < -0.3 is 14.9 Å². The smallest absolute Gasteiger partial charge is 0.330 e. The number of nitrogens with one attached hydrogen (secondary N) is 1. The summed E-state index contributed by atoms with van der Waals surface area (Å²) in [6, 6.07) is 0.382. The van der Waals surface area contributed by atoms with Crippen LogP contribution in [0.5, 0.6) is 0 Å². The fourth-order valence-corrected chi connectivity index (χ4v) is 2.28. The largest absolute Gasteiger partial charge is 0.394 e. The van der Waals surface area contributed by atoms with Crippen molar-refractivity contribution >= 4 is 0 Å². The summed E-state index contributed by atoms with van der Waals surface area (Å²) in [7, 11) is 0. The van der Waals surface area contributed by atoms with Crippen molar-refractivity contribution in [1.29, 1.82) is 0 Å². The van der Waals surface area contributed by atoms with Gasteiger partial charge in [-0.15, -0.1) is 0 Å². The topological polar surface area (TPSA) is 153 Å². The fourth-order valence-electron chi connectivity index (χ4n) is 2.28. The predicted molar refractivity (Wildman–Crippen MR) is 65.9 cm³/mol. The van der Waals surface area contributed by atoms with E-state index >= 15 is 0 Å². The van der Waals surface area contributed by atoms with E-state index in [-0.39, 0.29) is 6.42 Å². The van der Waals surface area contributed by atoms with Crippen molar-refractivity contribution in [2.75, 3.05) is 13.2 Å². The van der Waals surface area contributed by atoms with Crippen LogP contribution in [0.15, 0.2) is 27.0 Å². The molecule has 108 valence electrons. The number of hydrogen-bond donors (Lipinski definition) is 3. The van der Waals surface area contributed by atoms with Crippen molar-refractivity contribution in [3.8, 4) is 0 Å². The summed E-state index contributed by atoms with van der Waals surface area (Å²) < 4.78 is 6.51. The molecule has 0 saturated carbocycles. The Labute approximate surface area is 111 Å². The first-order valence-corrected chi connectivity index (χ1v) is 5.82. The molecule has 1 aliphatic heterocycles. The molecule has 1 aliphatic rings. The van der Waals surface area contributed by atoms with Gasteiger partial charge in [0, 0.05) is 23.6 Å². The van der Waals surface area contributed by atoms with Crippen LogP contribution in [0.4, 0.5) is 0 Å². The average molecular weight is 283 g/mol. The van der Waals surface area contributed by atoms with Crippen LogP contribution in [0.3, 0.4) is 0 Å². The predicted octanol–water partition coefficient (Wildman–Crippen LogP) is -1.36. The molecule has 0 radical (unpaired) electrons. The minimum atomic E-state index is -1.48. The van der Waals surface area contributed by atoms with Gasteiger partial charge in [-0.3, -0.25) is 14.3 Å². The molecule has 2 heterocycles. The van der Waals surface area contributed by atoms with Crippen LogP contribution in [0.2, 0.25) is 0 Å². The average Bonchev–Trinajstić information content (AvgIpc) is 2.78. The zero-order valence-corrected chi connectivity index (χ0v) is 10.3. The van der Waals surface area contributed by atoms with Gasteiger partial charge in [0.2, 0.25) is 0 Å². The van der Waals surface area contributed by atoms with Gasteiger partial charge in [-0.2, -0.15) is 0 Å². The first-order chi connectivity index (χ1) is 9.56. The quantitative estimate of drug-likeness (QED) is 0.354. The fraction of sp³-hybridized carbons (Fsp3) is 0.600. The molecular formula is C10H13N5O5. The van der Waals surface area contributed by atoms with Crippen LogP contribution in [0.25, 0.3) is 10.4 Å². The summed E-state index contributed by atoms with van der Waals surface area (Å²) in [4.78, 5) is 27.6. The lowest BCUT2D eigenvalue weighted by Crippen LogP contribution is -2.46. The minimum absolute atomic E-state index is 0.00470. The zero-order valence-electron chi connectivity index (χ0n) is 10.3. The number of nitrogens with zero attached hydrogens (tertiary/aromatic N) is 4. The van der Waals surface area contributed by atoms with E-state index in [2.05, 4.69) is 10.0 Å². The van der Waals surface area contributed by atoms with Crippen LogP contribution >= 0.6 is 0 Å². The van der Waals surface area contributed by atoms with E-state index in [4.69, 9.17) is 10.3 Å². The Morgan fingerprint density at radius 3 is 2.90 bits per heavy atom. The van der Waals surface area contributed by atoms with Crippen LogP contribution < -0.4 is 11.2 Å². The highest BCUT2D eigenvalue weighted by molar-refractivity contribution is 4.98. The van der Waals surface area contributed by atoms with E-state index in [1.807, 2.05) is 4.98 Å². The molecule has 20 heavy (non-hydrogen) atoms. The van der Waals surface area contributed by atoms with E-state index in [0.717, 1.165) is 10.6 Å². The van der Waals surface area contributed by atoms with Gasteiger partial charge >= 0.3 is 5.69 Å². The molecule has 2 rings (SSSR count). The Kier molecular flexibility index (Phi) is 3.91. The number of ether oxygens (including phenoxy) is 1. The van der Waals surface area contributed by atoms with Gasteiger partial charge in [-0.1, -0.05) is 5.11 Å². The molecule has 1 fully saturated rings. The monoisotopic (exact) mass is 283 g/mol. The van der Waals surface area contributed by atoms with Crippen LogP contribution in [0, 0.1) is 0 Å². The number of aliphatic hydroxyl groups excluding tert-OH is 2. The number of rotatable bonds is 4. The van der Waals surface area contributed by atoms with Gasteiger partial charge in [-0.25, -0.2) is 4.79 Å². The number of aliphatic hydroxyl groups is 2. The summed E-state index contributed by atoms with van der Waals surface area (Å²) in [6.07, 6.45) is 0.353. The standard InChI is InChI=1S/C10H13N5O5/c11-14-13-6-3-10(5-17,20-7(6)4-16)15-2-1-8(18)12-9(15)19/h1-2,6-7,16-17H,3-5H2,(H,12,18,19)/t6-,7+,10-/m0/s1. The molecular weight excluding hydrogens is 270 g/mol. The number of aromatic amines is 1. The third kappa shape index (κ3) is 2.32. The molecule has 0 amide bonds. The molecule has 3 atom stereocenters. The Balaban J connectivity index is 2.48. The van der Waals surface area contributed by atoms with E-state index in [1.165, 1.54) is 6.20 Å². The Morgan fingerprint density at radius 1 is 1.60 bits per heavy atom. The van der Waals surface area contributed by atoms with Gasteiger partial charge in [0.25, 0.3) is 5.56 Å². The molecule has 0 bridgehead atoms. The molecule has 1 aromatic heterocycles. The number of hydrogen-bond acceptors (Lipinski definition) is 6. The maximum Gasteiger partial charge on any atom is 0.330 e. The van der Waals surface area contributed by atoms with E-state index in [9.17, 15) is 19.8 Å². The van der Waals surface area contributed by atoms with Crippen LogP contribution in [-0.4, -0.2) is 45.1 Å². The van der Waals surface area contributed by atoms with Crippen molar-refractivity contribution in [1.82, 2.24) is 9.55 Å². The number of H-pyrrole nitrogens is 1. The summed E-state index contributed by atoms with van der Waals surface area (Å²) in [5, 5.41) is 22.3. The molecule has 1 aromatic rings. The highest BCUT2D eigenvalue weighted by Gasteiger charge is 2.47. The third-order valence-corrected chi connectivity index (χ3v) is 3.22. The van der Waals surface area contributed by atoms with E-state index in [1.54, 1.807) is 0 Å². The van der Waals surface area contributed by atoms with Crippen molar-refractivity contribution in [2.45, 2.75) is 24.3 Å². The maximum atomic E-state index is 11.8. The van der Waals surface area contributed by atoms with Gasteiger partial charge in [-0.05, 0) is 5.53 Å². The van der Waals surface area contributed by atoms with Crippen molar-refractivity contribution < 1.29 is 14.9 Å². The van der Waals surface area contributed by atoms with Crippen molar-refractivity contribution in [2.24, 2.45) is 5.11 Å². The highest BCUT2D eigenvalue weighted by Crippen LogP contribution is 2.35. The second kappa shape index (κ2) is 5.47. The lowest BCUT2D eigenvalue weighted by atomic mass is 10.1. The maximum absolute atomic E-state index is 11.8. The van der Waals surface area contributed by atoms with E-state index < -0.39 is 42.3 Å². The number of aromatic nitrogens is 2. The van der Waals surface area contributed by atoms with Gasteiger partial charge in [0.1, 0.15) is 0 Å². The molecule has 0 aromatic carbocycles. The zero-order chi connectivity index (χ0) is 14.8. The van der Waals surface area contributed by atoms with E-state index in [0.29, 0.717) is 0 Å². The summed E-state index contributed by atoms with van der Waals surface area (Å²) in [6.45, 7) is -1.00. The van der Waals surface area contributed by atoms with Gasteiger partial charge in [0.05, 0.1) is 25.4 Å². The lowest BCUT2D eigenvalue weighted by molar-refractivity contribution is -0.139. The summed E-state index contributed by atoms with van der Waals surface area (Å²) in [5.41, 5.74) is 5.67. The highest BCUT2D eigenvalue weighted by atomic mass is 16.6. The molecule has 10 nitrogen and oxygen atoms in total. The molecule has 10 heteroatoms. The normalized spacial score (nSPS) is 29.1. The summed E-state index contributed by atoms with van der Waals surface area (Å²) >= 11 is 0. The minimum Gasteiger partial charge on any atom is -0.394 e. The summed E-state index contributed by atoms with van der Waals surface area (Å²) in [5.74, 6) is 0. The third-order valence-electron chi connectivity index (χ3n) is 3.22. The molecule has 0 spiro atoms. The molecule has 0 unspecified atom stereocenters. The first kappa shape index (κ1) is 14.3. The number of azide groups is 1. The Morgan fingerprint density at radius 2 is 2.35 bits per heavy atom. The SMILES string of the molecule is [N-]=[N+]=N[C@H]1C[C@](CO)(n2ccc(=O)[nH]c2=O)O[C@@H]1CO. The second-order valence-electron chi connectivity index (χ2n) is 4.40. The Bertz CT molecular complexity index is 648. The van der Waals surface area contributed by atoms with Crippen LogP contribution in [0.1, 0.15) is 6.42 Å². The lowest BCUT2D eigenvalue weighted by Gasteiger charge is -2.28.